The van der Waals surface area contributed by atoms with Crippen molar-refractivity contribution in [3.63, 3.8) is 0 Å². The van der Waals surface area contributed by atoms with E-state index in [1.54, 1.807) is 18.2 Å². The van der Waals surface area contributed by atoms with Crippen LogP contribution in [0.1, 0.15) is 18.4 Å². The number of nitrogens with one attached hydrogen (secondary N) is 2. The van der Waals surface area contributed by atoms with Crippen LogP contribution in [0.4, 0.5) is 5.69 Å². The zero-order valence-electron chi connectivity index (χ0n) is 12.5. The van der Waals surface area contributed by atoms with E-state index in [0.717, 1.165) is 25.2 Å². The molecule has 0 unspecified atom stereocenters. The molecule has 5 nitrogen and oxygen atoms in total. The summed E-state index contributed by atoms with van der Waals surface area (Å²) in [6.07, 6.45) is 6.28. The first kappa shape index (κ1) is 14.8. The first-order valence-corrected chi connectivity index (χ1v) is 7.76. The highest BCUT2D eigenvalue weighted by Gasteiger charge is 2.34. The van der Waals surface area contributed by atoms with Gasteiger partial charge in [0.25, 0.3) is 0 Å². The van der Waals surface area contributed by atoms with E-state index in [1.807, 2.05) is 18.2 Å². The Morgan fingerprint density at radius 1 is 1.23 bits per heavy atom. The van der Waals surface area contributed by atoms with Crippen LogP contribution in [-0.2, 0) is 9.59 Å². The van der Waals surface area contributed by atoms with Gasteiger partial charge in [0.05, 0.1) is 0 Å². The van der Waals surface area contributed by atoms with Crippen LogP contribution >= 0.6 is 0 Å². The maximum absolute atomic E-state index is 12.1. The number of fused-ring (bicyclic) bond motifs is 3. The summed E-state index contributed by atoms with van der Waals surface area (Å²) in [7, 11) is 0. The van der Waals surface area contributed by atoms with Crippen LogP contribution in [0.5, 0.6) is 0 Å². The van der Waals surface area contributed by atoms with E-state index in [4.69, 9.17) is 0 Å². The highest BCUT2D eigenvalue weighted by Crippen LogP contribution is 2.27. The van der Waals surface area contributed by atoms with Gasteiger partial charge < -0.3 is 15.5 Å². The van der Waals surface area contributed by atoms with E-state index in [2.05, 4.69) is 15.5 Å². The van der Waals surface area contributed by atoms with Crippen LogP contribution in [0, 0.1) is 5.92 Å². The fraction of sp³-hybridized carbons (Fsp3) is 0.412. The first-order valence-electron chi connectivity index (χ1n) is 7.76. The molecule has 0 spiro atoms. The summed E-state index contributed by atoms with van der Waals surface area (Å²) in [5.74, 6) is 0.547. The fourth-order valence-corrected chi connectivity index (χ4v) is 3.36. The second kappa shape index (κ2) is 6.75. The van der Waals surface area contributed by atoms with Gasteiger partial charge in [-0.15, -0.1) is 0 Å². The van der Waals surface area contributed by atoms with Crippen molar-refractivity contribution in [2.24, 2.45) is 5.92 Å². The van der Waals surface area contributed by atoms with Crippen molar-refractivity contribution >= 4 is 24.1 Å². The number of rotatable bonds is 5. The quantitative estimate of drug-likeness (QED) is 0.639. The molecule has 4 rings (SSSR count). The van der Waals surface area contributed by atoms with Crippen molar-refractivity contribution in [1.82, 2.24) is 10.2 Å². The number of carbonyl (C=O) groups is 2. The molecule has 3 aliphatic heterocycles. The molecule has 5 heteroatoms. The second-order valence-corrected chi connectivity index (χ2v) is 5.94. The number of para-hydroxylation sites is 1. The lowest BCUT2D eigenvalue weighted by Crippen LogP contribution is -2.57. The smallest absolute Gasteiger partial charge is 0.244 e. The summed E-state index contributed by atoms with van der Waals surface area (Å²) < 4.78 is 0. The molecule has 2 bridgehead atoms. The van der Waals surface area contributed by atoms with E-state index in [0.29, 0.717) is 18.0 Å². The molecule has 0 aromatic heterocycles. The van der Waals surface area contributed by atoms with Crippen molar-refractivity contribution in [2.45, 2.75) is 18.9 Å². The Bertz CT molecular complexity index is 577. The van der Waals surface area contributed by atoms with Gasteiger partial charge in [-0.3, -0.25) is 9.59 Å². The van der Waals surface area contributed by atoms with E-state index in [9.17, 15) is 9.59 Å². The maximum atomic E-state index is 12.1. The van der Waals surface area contributed by atoms with Crippen molar-refractivity contribution in [2.75, 3.05) is 25.0 Å². The lowest BCUT2D eigenvalue weighted by Gasteiger charge is -2.44. The summed E-state index contributed by atoms with van der Waals surface area (Å²) in [4.78, 5) is 25.1. The average Bonchev–Trinajstić information content (AvgIpc) is 2.55. The number of anilines is 1. The van der Waals surface area contributed by atoms with Crippen molar-refractivity contribution in [1.29, 1.82) is 0 Å². The SMILES string of the molecule is O=CNc1ccccc1/C=C/C(=O)N[C@H]1CN2CCC1CC2. The molecule has 2 N–H and O–H groups in total. The summed E-state index contributed by atoms with van der Waals surface area (Å²) >= 11 is 0. The molecule has 22 heavy (non-hydrogen) atoms. The summed E-state index contributed by atoms with van der Waals surface area (Å²) in [6, 6.07) is 7.66. The van der Waals surface area contributed by atoms with Crippen LogP contribution in [0.25, 0.3) is 6.08 Å². The van der Waals surface area contributed by atoms with E-state index >= 15 is 0 Å². The van der Waals surface area contributed by atoms with Gasteiger partial charge >= 0.3 is 0 Å². The molecule has 0 saturated carbocycles. The predicted octanol–water partition coefficient (Wildman–Crippen LogP) is 1.48. The minimum absolute atomic E-state index is 0.0698. The third-order valence-electron chi connectivity index (χ3n) is 4.57. The van der Waals surface area contributed by atoms with Crippen LogP contribution in [0.2, 0.25) is 0 Å². The van der Waals surface area contributed by atoms with Crippen molar-refractivity contribution < 1.29 is 9.59 Å². The molecule has 3 saturated heterocycles. The third kappa shape index (κ3) is 3.36. The minimum atomic E-state index is -0.0698. The molecule has 3 aliphatic rings. The topological polar surface area (TPSA) is 61.4 Å². The number of hydrogen-bond donors (Lipinski definition) is 2. The number of amides is 2. The highest BCUT2D eigenvalue weighted by atomic mass is 16.1. The molecular formula is C17H21N3O2. The summed E-state index contributed by atoms with van der Waals surface area (Å²) in [5.41, 5.74) is 1.52. The molecule has 3 heterocycles. The lowest BCUT2D eigenvalue weighted by atomic mass is 9.84. The Labute approximate surface area is 130 Å². The lowest BCUT2D eigenvalue weighted by molar-refractivity contribution is -0.118. The monoisotopic (exact) mass is 299 g/mol. The van der Waals surface area contributed by atoms with Gasteiger partial charge in [0.1, 0.15) is 0 Å². The van der Waals surface area contributed by atoms with Gasteiger partial charge in [-0.2, -0.15) is 0 Å². The van der Waals surface area contributed by atoms with Gasteiger partial charge in [-0.05, 0) is 49.6 Å². The molecule has 0 radical (unpaired) electrons. The average molecular weight is 299 g/mol. The van der Waals surface area contributed by atoms with Crippen molar-refractivity contribution in [3.8, 4) is 0 Å². The molecule has 116 valence electrons. The number of nitrogens with zero attached hydrogens (tertiary/aromatic N) is 1. The highest BCUT2D eigenvalue weighted by molar-refractivity contribution is 5.93. The van der Waals surface area contributed by atoms with Gasteiger partial charge in [0.15, 0.2) is 0 Å². The number of carbonyl (C=O) groups excluding carboxylic acids is 2. The van der Waals surface area contributed by atoms with E-state index < -0.39 is 0 Å². The number of benzene rings is 1. The standard InChI is InChI=1S/C17H21N3O2/c21-12-18-15-4-2-1-3-13(15)5-6-17(22)19-16-11-20-9-7-14(16)8-10-20/h1-6,12,14,16H,7-11H2,(H,18,21)(H,19,22)/b6-5+/t16-/m0/s1. The fourth-order valence-electron chi connectivity index (χ4n) is 3.36. The Hall–Kier alpha value is -2.14. The Morgan fingerprint density at radius 3 is 2.68 bits per heavy atom. The van der Waals surface area contributed by atoms with Crippen LogP contribution < -0.4 is 10.6 Å². The molecule has 1 aromatic rings. The molecular weight excluding hydrogens is 278 g/mol. The maximum Gasteiger partial charge on any atom is 0.244 e. The Kier molecular flexibility index (Phi) is 4.53. The molecule has 3 fully saturated rings. The van der Waals surface area contributed by atoms with Crippen molar-refractivity contribution in [3.05, 3.63) is 35.9 Å². The predicted molar refractivity (Wildman–Crippen MR) is 86.3 cm³/mol. The molecule has 1 aromatic carbocycles. The van der Waals surface area contributed by atoms with Crippen LogP contribution in [-0.4, -0.2) is 42.9 Å². The van der Waals surface area contributed by atoms with E-state index in [-0.39, 0.29) is 11.9 Å². The zero-order valence-corrected chi connectivity index (χ0v) is 12.5. The third-order valence-corrected chi connectivity index (χ3v) is 4.57. The minimum Gasteiger partial charge on any atom is -0.348 e. The van der Waals surface area contributed by atoms with Crippen LogP contribution in [0.3, 0.4) is 0 Å². The normalized spacial score (nSPS) is 26.8. The molecule has 2 amide bonds. The zero-order chi connectivity index (χ0) is 15.4. The van der Waals surface area contributed by atoms with E-state index in [1.165, 1.54) is 12.8 Å². The summed E-state index contributed by atoms with van der Waals surface area (Å²) in [6.45, 7) is 3.29. The van der Waals surface area contributed by atoms with Crippen LogP contribution in [0.15, 0.2) is 30.3 Å². The van der Waals surface area contributed by atoms with Gasteiger partial charge in [-0.1, -0.05) is 18.2 Å². The summed E-state index contributed by atoms with van der Waals surface area (Å²) in [5, 5.41) is 5.75. The Balaban J connectivity index is 1.61. The first-order chi connectivity index (χ1) is 10.8. The number of piperidine rings is 3. The second-order valence-electron chi connectivity index (χ2n) is 5.94. The van der Waals surface area contributed by atoms with Gasteiger partial charge in [-0.25, -0.2) is 0 Å². The number of hydrogen-bond acceptors (Lipinski definition) is 3. The van der Waals surface area contributed by atoms with Gasteiger partial charge in [0, 0.05) is 24.4 Å². The molecule has 0 aliphatic carbocycles. The van der Waals surface area contributed by atoms with Gasteiger partial charge in [0.2, 0.25) is 12.3 Å². The molecule has 1 atom stereocenters. The Morgan fingerprint density at radius 2 is 2.00 bits per heavy atom. The largest absolute Gasteiger partial charge is 0.348 e.